The van der Waals surface area contributed by atoms with Crippen molar-refractivity contribution in [3.05, 3.63) is 42.3 Å². The summed E-state index contributed by atoms with van der Waals surface area (Å²) in [5, 5.41) is 13.5. The van der Waals surface area contributed by atoms with Gasteiger partial charge in [-0.15, -0.1) is 0 Å². The maximum atomic E-state index is 14.0. The number of ether oxygens (including phenoxy) is 1. The Hall–Kier alpha value is -3.44. The fraction of sp³-hybridized carbons (Fsp3) is 0.435. The fourth-order valence-corrected chi connectivity index (χ4v) is 3.69. The van der Waals surface area contributed by atoms with E-state index in [0.29, 0.717) is 11.6 Å². The fourth-order valence-electron chi connectivity index (χ4n) is 3.69. The van der Waals surface area contributed by atoms with Crippen molar-refractivity contribution in [3.8, 4) is 11.5 Å². The van der Waals surface area contributed by atoms with Crippen LogP contribution in [-0.4, -0.2) is 90.3 Å². The number of aromatic nitrogens is 1. The van der Waals surface area contributed by atoms with Gasteiger partial charge in [0.05, 0.1) is 5.69 Å². The van der Waals surface area contributed by atoms with Crippen LogP contribution in [0.2, 0.25) is 0 Å². The maximum Gasteiger partial charge on any atom is 0.409 e. The second kappa shape index (κ2) is 11.6. The lowest BCUT2D eigenvalue weighted by atomic mass is 10.0. The second-order valence-corrected chi connectivity index (χ2v) is 8.47. The Morgan fingerprint density at radius 2 is 1.85 bits per heavy atom. The van der Waals surface area contributed by atoms with Crippen LogP contribution in [0.25, 0.3) is 0 Å². The minimum atomic E-state index is -1.36. The van der Waals surface area contributed by atoms with Crippen molar-refractivity contribution >= 4 is 23.6 Å². The molecule has 0 atom stereocenters. The van der Waals surface area contributed by atoms with Crippen LogP contribution in [0.5, 0.6) is 11.5 Å². The highest BCUT2D eigenvalue weighted by Crippen LogP contribution is 2.27. The first-order valence-electron chi connectivity index (χ1n) is 11.1. The summed E-state index contributed by atoms with van der Waals surface area (Å²) in [5.74, 6) is 0.0647. The summed E-state index contributed by atoms with van der Waals surface area (Å²) in [4.78, 5) is 33.9. The Labute approximate surface area is 198 Å². The molecular weight excluding hydrogens is 443 g/mol. The van der Waals surface area contributed by atoms with Crippen LogP contribution in [-0.2, 0) is 0 Å². The maximum absolute atomic E-state index is 14.0. The number of hydrogen-bond acceptors (Lipinski definition) is 6. The number of anilines is 2. The largest absolute Gasteiger partial charge is 0.465 e. The number of carboxylic acid groups (broad SMARTS) is 1. The lowest BCUT2D eigenvalue weighted by Gasteiger charge is -2.37. The van der Waals surface area contributed by atoms with Crippen molar-refractivity contribution in [3.63, 3.8) is 0 Å². The Morgan fingerprint density at radius 3 is 2.50 bits per heavy atom. The highest BCUT2D eigenvalue weighted by molar-refractivity contribution is 5.88. The van der Waals surface area contributed by atoms with Gasteiger partial charge in [0, 0.05) is 57.6 Å². The molecule has 10 nitrogen and oxygen atoms in total. The number of nitrogens with zero attached hydrogens (tertiary/aromatic N) is 4. The molecule has 0 saturated carbocycles. The highest BCUT2D eigenvalue weighted by atomic mass is 19.1. The molecule has 0 aliphatic carbocycles. The van der Waals surface area contributed by atoms with Crippen LogP contribution in [0.15, 0.2) is 36.5 Å². The molecule has 1 aromatic carbocycles. The van der Waals surface area contributed by atoms with E-state index in [4.69, 9.17) is 9.84 Å². The number of carbonyl (C=O) groups excluding carboxylic acids is 1. The molecule has 0 spiro atoms. The smallest absolute Gasteiger partial charge is 0.409 e. The van der Waals surface area contributed by atoms with E-state index in [9.17, 15) is 14.0 Å². The molecule has 0 bridgehead atoms. The number of piperidine rings is 1. The van der Waals surface area contributed by atoms with Gasteiger partial charge in [-0.2, -0.15) is 0 Å². The number of nitrogens with one attached hydrogen (secondary N) is 2. The molecule has 11 heteroatoms. The number of carbonyl (C=O) groups is 2. The first kappa shape index (κ1) is 25.2. The van der Waals surface area contributed by atoms with E-state index in [-0.39, 0.29) is 23.5 Å². The van der Waals surface area contributed by atoms with Crippen LogP contribution in [0.1, 0.15) is 12.8 Å². The van der Waals surface area contributed by atoms with E-state index in [2.05, 4.69) is 34.2 Å². The number of hydrogen-bond donors (Lipinski definition) is 3. The predicted octanol–water partition coefficient (Wildman–Crippen LogP) is 3.59. The van der Waals surface area contributed by atoms with Crippen LogP contribution in [0, 0.1) is 5.82 Å². The summed E-state index contributed by atoms with van der Waals surface area (Å²) < 4.78 is 19.7. The van der Waals surface area contributed by atoms with Gasteiger partial charge in [0.2, 0.25) is 0 Å². The molecule has 1 aliphatic heterocycles. The van der Waals surface area contributed by atoms with E-state index < -0.39 is 11.9 Å². The molecular formula is C23H31FN6O4. The molecule has 1 aliphatic rings. The predicted molar refractivity (Wildman–Crippen MR) is 127 cm³/mol. The molecule has 3 amide bonds. The van der Waals surface area contributed by atoms with Crippen molar-refractivity contribution < 1.29 is 23.8 Å². The SMILES string of the molecule is CN(C)CCN1CCC(N(C)C(=O)Nc2cc(Oc3ccc(NC(=O)O)c(F)c3)ccn2)CC1. The summed E-state index contributed by atoms with van der Waals surface area (Å²) in [6.45, 7) is 3.94. The van der Waals surface area contributed by atoms with Gasteiger partial charge in [0.25, 0.3) is 0 Å². The third-order valence-corrected chi connectivity index (χ3v) is 5.67. The van der Waals surface area contributed by atoms with Gasteiger partial charge in [0.15, 0.2) is 5.82 Å². The number of likely N-dealkylation sites (N-methyl/N-ethyl adjacent to an activating group) is 1. The van der Waals surface area contributed by atoms with E-state index in [1.54, 1.807) is 18.0 Å². The minimum Gasteiger partial charge on any atom is -0.465 e. The number of amides is 3. The average molecular weight is 475 g/mol. The molecule has 1 fully saturated rings. The third kappa shape index (κ3) is 7.29. The molecule has 1 aromatic heterocycles. The summed E-state index contributed by atoms with van der Waals surface area (Å²) in [7, 11) is 5.91. The van der Waals surface area contributed by atoms with Gasteiger partial charge in [-0.1, -0.05) is 0 Å². The zero-order valence-electron chi connectivity index (χ0n) is 19.6. The molecule has 0 unspecified atom stereocenters. The quantitative estimate of drug-likeness (QED) is 0.536. The van der Waals surface area contributed by atoms with Gasteiger partial charge < -0.3 is 24.5 Å². The molecule has 2 heterocycles. The van der Waals surface area contributed by atoms with Crippen LogP contribution in [0.4, 0.5) is 25.5 Å². The van der Waals surface area contributed by atoms with Crippen LogP contribution < -0.4 is 15.4 Å². The Balaban J connectivity index is 1.54. The number of rotatable bonds is 8. The minimum absolute atomic E-state index is 0.149. The van der Waals surface area contributed by atoms with Crippen LogP contribution in [0.3, 0.4) is 0 Å². The molecule has 3 N–H and O–H groups in total. The Kier molecular flexibility index (Phi) is 8.61. The summed E-state index contributed by atoms with van der Waals surface area (Å²) in [6.07, 6.45) is 1.94. The van der Waals surface area contributed by atoms with Gasteiger partial charge in [-0.25, -0.2) is 19.0 Å². The zero-order chi connectivity index (χ0) is 24.7. The van der Waals surface area contributed by atoms with Gasteiger partial charge in [-0.05, 0) is 45.1 Å². The summed E-state index contributed by atoms with van der Waals surface area (Å²) in [6, 6.07) is 6.78. The molecule has 3 rings (SSSR count). The second-order valence-electron chi connectivity index (χ2n) is 8.47. The van der Waals surface area contributed by atoms with E-state index in [0.717, 1.165) is 45.1 Å². The third-order valence-electron chi connectivity index (χ3n) is 5.67. The van der Waals surface area contributed by atoms with Crippen LogP contribution >= 0.6 is 0 Å². The summed E-state index contributed by atoms with van der Waals surface area (Å²) in [5.41, 5.74) is -0.172. The van der Waals surface area contributed by atoms with E-state index >= 15 is 0 Å². The summed E-state index contributed by atoms with van der Waals surface area (Å²) >= 11 is 0. The van der Waals surface area contributed by atoms with Gasteiger partial charge in [0.1, 0.15) is 17.3 Å². The number of pyridine rings is 1. The molecule has 184 valence electrons. The molecule has 0 radical (unpaired) electrons. The lowest BCUT2D eigenvalue weighted by molar-refractivity contribution is 0.135. The first-order valence-corrected chi connectivity index (χ1v) is 11.1. The number of benzene rings is 1. The standard InChI is InChI=1S/C23H31FN6O4/c1-28(2)12-13-30-10-7-16(8-11-30)29(3)22(31)27-21-15-18(6-9-25-21)34-17-4-5-20(19(24)14-17)26-23(32)33/h4-6,9,14-16,26H,7-8,10-13H2,1-3H3,(H,32,33)(H,25,27,31). The van der Waals surface area contributed by atoms with E-state index in [1.807, 2.05) is 5.32 Å². The van der Waals surface area contributed by atoms with Crippen molar-refractivity contribution in [1.29, 1.82) is 0 Å². The lowest BCUT2D eigenvalue weighted by Crippen LogP contribution is -2.48. The number of likely N-dealkylation sites (tertiary alicyclic amines) is 1. The highest BCUT2D eigenvalue weighted by Gasteiger charge is 2.25. The van der Waals surface area contributed by atoms with Gasteiger partial charge in [-0.3, -0.25) is 10.6 Å². The monoisotopic (exact) mass is 474 g/mol. The van der Waals surface area contributed by atoms with Crippen molar-refractivity contribution in [2.45, 2.75) is 18.9 Å². The topological polar surface area (TPSA) is 110 Å². The van der Waals surface area contributed by atoms with Gasteiger partial charge >= 0.3 is 12.1 Å². The first-order chi connectivity index (χ1) is 16.2. The van der Waals surface area contributed by atoms with Crippen molar-refractivity contribution in [2.24, 2.45) is 0 Å². The molecule has 34 heavy (non-hydrogen) atoms. The average Bonchev–Trinajstić information content (AvgIpc) is 2.79. The normalized spacial score (nSPS) is 14.6. The van der Waals surface area contributed by atoms with Crippen molar-refractivity contribution in [1.82, 2.24) is 19.7 Å². The molecule has 1 saturated heterocycles. The number of urea groups is 1. The Morgan fingerprint density at radius 1 is 1.15 bits per heavy atom. The zero-order valence-corrected chi connectivity index (χ0v) is 19.6. The molecule has 2 aromatic rings. The number of halogens is 1. The van der Waals surface area contributed by atoms with Crippen molar-refractivity contribution in [2.75, 3.05) is 58.0 Å². The van der Waals surface area contributed by atoms with E-state index in [1.165, 1.54) is 24.4 Å². The Bertz CT molecular complexity index is 997.